The maximum atomic E-state index is 12.3. The molecule has 0 radical (unpaired) electrons. The third-order valence-electron chi connectivity index (χ3n) is 3.13. The fraction of sp³-hybridized carbons (Fsp3) is 0.235. The van der Waals surface area contributed by atoms with Gasteiger partial charge in [-0.1, -0.05) is 42.3 Å². The first-order valence-electron chi connectivity index (χ1n) is 6.57. The van der Waals surface area contributed by atoms with Gasteiger partial charge < -0.3 is 5.32 Å². The van der Waals surface area contributed by atoms with Crippen LogP contribution in [0.3, 0.4) is 0 Å². The lowest BCUT2D eigenvalue weighted by atomic mass is 10.1. The highest BCUT2D eigenvalue weighted by atomic mass is 16.1. The van der Waals surface area contributed by atoms with Crippen LogP contribution >= 0.6 is 0 Å². The van der Waals surface area contributed by atoms with E-state index in [0.717, 1.165) is 28.8 Å². The van der Waals surface area contributed by atoms with E-state index in [-0.39, 0.29) is 5.91 Å². The molecule has 0 atom stereocenters. The van der Waals surface area contributed by atoms with Crippen LogP contribution < -0.4 is 5.32 Å². The molecule has 0 saturated carbocycles. The summed E-state index contributed by atoms with van der Waals surface area (Å²) in [4.78, 5) is 12.3. The van der Waals surface area contributed by atoms with Crippen LogP contribution in [0.5, 0.6) is 0 Å². The second-order valence-corrected chi connectivity index (χ2v) is 4.84. The molecule has 0 aromatic heterocycles. The Morgan fingerprint density at radius 2 is 1.68 bits per heavy atom. The van der Waals surface area contributed by atoms with Gasteiger partial charge in [0.2, 0.25) is 0 Å². The molecule has 0 saturated heterocycles. The van der Waals surface area contributed by atoms with Crippen molar-refractivity contribution in [3.8, 4) is 0 Å². The number of amides is 1. The van der Waals surface area contributed by atoms with E-state index >= 15 is 0 Å². The quantitative estimate of drug-likeness (QED) is 0.876. The smallest absolute Gasteiger partial charge is 0.255 e. The first kappa shape index (κ1) is 13.3. The Kier molecular flexibility index (Phi) is 4.00. The third kappa shape index (κ3) is 3.22. The summed E-state index contributed by atoms with van der Waals surface area (Å²) < 4.78 is 0. The SMILES string of the molecule is CCc1ccccc1NC(=O)c1cc(C)cc(C)c1. The van der Waals surface area contributed by atoms with E-state index in [1.807, 2.05) is 50.2 Å². The number of hydrogen-bond donors (Lipinski definition) is 1. The molecule has 2 nitrogen and oxygen atoms in total. The van der Waals surface area contributed by atoms with Crippen molar-refractivity contribution >= 4 is 11.6 Å². The van der Waals surface area contributed by atoms with E-state index in [1.165, 1.54) is 0 Å². The fourth-order valence-corrected chi connectivity index (χ4v) is 2.25. The molecule has 2 heteroatoms. The standard InChI is InChI=1S/C17H19NO/c1-4-14-7-5-6-8-16(14)18-17(19)15-10-12(2)9-13(3)11-15/h5-11H,4H2,1-3H3,(H,18,19). The predicted molar refractivity (Wildman–Crippen MR) is 79.7 cm³/mol. The maximum absolute atomic E-state index is 12.3. The summed E-state index contributed by atoms with van der Waals surface area (Å²) in [5.41, 5.74) is 4.97. The van der Waals surface area contributed by atoms with Crippen molar-refractivity contribution in [2.24, 2.45) is 0 Å². The molecular formula is C17H19NO. The second-order valence-electron chi connectivity index (χ2n) is 4.84. The van der Waals surface area contributed by atoms with Gasteiger partial charge in [-0.2, -0.15) is 0 Å². The Morgan fingerprint density at radius 1 is 1.05 bits per heavy atom. The summed E-state index contributed by atoms with van der Waals surface area (Å²) in [5, 5.41) is 2.99. The van der Waals surface area contributed by atoms with E-state index in [0.29, 0.717) is 5.56 Å². The molecule has 0 heterocycles. The molecule has 0 aliphatic carbocycles. The molecule has 19 heavy (non-hydrogen) atoms. The molecule has 1 amide bonds. The lowest BCUT2D eigenvalue weighted by Crippen LogP contribution is -2.13. The highest BCUT2D eigenvalue weighted by molar-refractivity contribution is 6.04. The second kappa shape index (κ2) is 5.70. The van der Waals surface area contributed by atoms with Crippen LogP contribution in [0.4, 0.5) is 5.69 Å². The first-order chi connectivity index (χ1) is 9.10. The fourth-order valence-electron chi connectivity index (χ4n) is 2.25. The van der Waals surface area contributed by atoms with Crippen LogP contribution in [0, 0.1) is 13.8 Å². The minimum atomic E-state index is -0.0484. The summed E-state index contributed by atoms with van der Waals surface area (Å²) in [5.74, 6) is -0.0484. The van der Waals surface area contributed by atoms with Gasteiger partial charge >= 0.3 is 0 Å². The average molecular weight is 253 g/mol. The van der Waals surface area contributed by atoms with Gasteiger partial charge in [0.1, 0.15) is 0 Å². The minimum absolute atomic E-state index is 0.0484. The van der Waals surface area contributed by atoms with Crippen molar-refractivity contribution in [1.29, 1.82) is 0 Å². The van der Waals surface area contributed by atoms with Crippen LogP contribution in [-0.4, -0.2) is 5.91 Å². The molecule has 98 valence electrons. The van der Waals surface area contributed by atoms with Gasteiger partial charge in [-0.3, -0.25) is 4.79 Å². The molecular weight excluding hydrogens is 234 g/mol. The summed E-state index contributed by atoms with van der Waals surface area (Å²) in [6, 6.07) is 13.8. The van der Waals surface area contributed by atoms with E-state index in [9.17, 15) is 4.79 Å². The zero-order chi connectivity index (χ0) is 13.8. The van der Waals surface area contributed by atoms with Crippen LogP contribution in [0.25, 0.3) is 0 Å². The van der Waals surface area contributed by atoms with Crippen LogP contribution in [0.2, 0.25) is 0 Å². The molecule has 1 N–H and O–H groups in total. The zero-order valence-electron chi connectivity index (χ0n) is 11.7. The number of carbonyl (C=O) groups is 1. The number of carbonyl (C=O) groups excluding carboxylic acids is 1. The number of hydrogen-bond acceptors (Lipinski definition) is 1. The van der Waals surface area contributed by atoms with Crippen molar-refractivity contribution in [3.63, 3.8) is 0 Å². The van der Waals surface area contributed by atoms with E-state index in [2.05, 4.69) is 18.3 Å². The van der Waals surface area contributed by atoms with E-state index in [1.54, 1.807) is 0 Å². The van der Waals surface area contributed by atoms with Crippen LogP contribution in [0.1, 0.15) is 34.0 Å². The summed E-state index contributed by atoms with van der Waals surface area (Å²) >= 11 is 0. The lowest BCUT2D eigenvalue weighted by Gasteiger charge is -2.10. The first-order valence-corrected chi connectivity index (χ1v) is 6.57. The maximum Gasteiger partial charge on any atom is 0.255 e. The van der Waals surface area contributed by atoms with Crippen molar-refractivity contribution in [2.75, 3.05) is 5.32 Å². The Hall–Kier alpha value is -2.09. The number of nitrogens with one attached hydrogen (secondary N) is 1. The van der Waals surface area contributed by atoms with Gasteiger partial charge in [0.05, 0.1) is 0 Å². The normalized spacial score (nSPS) is 10.3. The molecule has 2 rings (SSSR count). The Balaban J connectivity index is 2.25. The van der Waals surface area contributed by atoms with Gasteiger partial charge in [0, 0.05) is 11.3 Å². The Morgan fingerprint density at radius 3 is 2.32 bits per heavy atom. The number of aryl methyl sites for hydroxylation is 3. The molecule has 0 aliphatic rings. The average Bonchev–Trinajstić information content (AvgIpc) is 2.38. The third-order valence-corrected chi connectivity index (χ3v) is 3.13. The number of rotatable bonds is 3. The number of anilines is 1. The molecule has 2 aromatic carbocycles. The lowest BCUT2D eigenvalue weighted by molar-refractivity contribution is 0.102. The largest absolute Gasteiger partial charge is 0.322 e. The van der Waals surface area contributed by atoms with Crippen molar-refractivity contribution in [3.05, 3.63) is 64.7 Å². The molecule has 0 bridgehead atoms. The monoisotopic (exact) mass is 253 g/mol. The topological polar surface area (TPSA) is 29.1 Å². The van der Waals surface area contributed by atoms with Gasteiger partial charge in [-0.25, -0.2) is 0 Å². The van der Waals surface area contributed by atoms with Crippen molar-refractivity contribution < 1.29 is 4.79 Å². The summed E-state index contributed by atoms with van der Waals surface area (Å²) in [7, 11) is 0. The number of benzene rings is 2. The number of para-hydroxylation sites is 1. The highest BCUT2D eigenvalue weighted by Gasteiger charge is 2.09. The Labute approximate surface area is 114 Å². The summed E-state index contributed by atoms with van der Waals surface area (Å²) in [6.45, 7) is 6.09. The minimum Gasteiger partial charge on any atom is -0.322 e. The summed E-state index contributed by atoms with van der Waals surface area (Å²) in [6.07, 6.45) is 0.906. The molecule has 2 aromatic rings. The van der Waals surface area contributed by atoms with E-state index < -0.39 is 0 Å². The van der Waals surface area contributed by atoms with Crippen molar-refractivity contribution in [1.82, 2.24) is 0 Å². The van der Waals surface area contributed by atoms with Crippen molar-refractivity contribution in [2.45, 2.75) is 27.2 Å². The molecule has 0 aliphatic heterocycles. The van der Waals surface area contributed by atoms with Gasteiger partial charge in [-0.05, 0) is 44.0 Å². The van der Waals surface area contributed by atoms with Gasteiger partial charge in [0.15, 0.2) is 0 Å². The Bertz CT molecular complexity index is 582. The zero-order valence-corrected chi connectivity index (χ0v) is 11.7. The van der Waals surface area contributed by atoms with Gasteiger partial charge in [0.25, 0.3) is 5.91 Å². The van der Waals surface area contributed by atoms with E-state index in [4.69, 9.17) is 0 Å². The van der Waals surface area contributed by atoms with Gasteiger partial charge in [-0.15, -0.1) is 0 Å². The molecule has 0 spiro atoms. The molecule has 0 fully saturated rings. The molecule has 0 unspecified atom stereocenters. The highest BCUT2D eigenvalue weighted by Crippen LogP contribution is 2.17. The van der Waals surface area contributed by atoms with Crippen LogP contribution in [-0.2, 0) is 6.42 Å². The predicted octanol–water partition coefficient (Wildman–Crippen LogP) is 4.12. The van der Waals surface area contributed by atoms with Crippen LogP contribution in [0.15, 0.2) is 42.5 Å².